The van der Waals surface area contributed by atoms with Crippen molar-refractivity contribution >= 4 is 23.2 Å². The van der Waals surface area contributed by atoms with E-state index in [1.165, 1.54) is 0 Å². The lowest BCUT2D eigenvalue weighted by Gasteiger charge is -2.24. The number of nitrogens with one attached hydrogen (secondary N) is 1. The van der Waals surface area contributed by atoms with E-state index in [9.17, 15) is 0 Å². The van der Waals surface area contributed by atoms with Crippen molar-refractivity contribution in [2.75, 3.05) is 18.3 Å². The van der Waals surface area contributed by atoms with Crippen LogP contribution in [0.2, 0.25) is 0 Å². The van der Waals surface area contributed by atoms with Crippen LogP contribution in [0.25, 0.3) is 0 Å². The maximum absolute atomic E-state index is 5.64. The highest BCUT2D eigenvalue weighted by Gasteiger charge is 2.19. The number of hydrogen-bond acceptors (Lipinski definition) is 1. The van der Waals surface area contributed by atoms with Crippen LogP contribution in [0.1, 0.15) is 13.8 Å². The zero-order valence-corrected chi connectivity index (χ0v) is 7.39. The molecule has 0 aliphatic carbocycles. The third kappa shape index (κ3) is 3.29. The normalized spacial score (nSPS) is 12.0. The Bertz CT molecular complexity index is 71.5. The van der Waals surface area contributed by atoms with E-state index in [1.807, 2.05) is 13.8 Å². The average Bonchev–Trinajstić information content (AvgIpc) is 1.89. The van der Waals surface area contributed by atoms with Crippen molar-refractivity contribution in [3.05, 3.63) is 0 Å². The molecule has 0 aromatic heterocycles. The molecule has 0 bridgehead atoms. The van der Waals surface area contributed by atoms with Crippen LogP contribution in [-0.4, -0.2) is 23.8 Å². The highest BCUT2D eigenvalue weighted by molar-refractivity contribution is 6.22. The molecule has 56 valence electrons. The van der Waals surface area contributed by atoms with Crippen LogP contribution >= 0.6 is 23.2 Å². The van der Waals surface area contributed by atoms with Crippen LogP contribution in [0.3, 0.4) is 0 Å². The van der Waals surface area contributed by atoms with E-state index in [2.05, 4.69) is 5.32 Å². The SMILES string of the molecule is CCNC(C)(CCl)CCl. The van der Waals surface area contributed by atoms with E-state index in [4.69, 9.17) is 23.2 Å². The molecular formula is C6H13Cl2N. The predicted octanol–water partition coefficient (Wildman–Crippen LogP) is 1.83. The smallest absolute Gasteiger partial charge is 0.0425 e. The van der Waals surface area contributed by atoms with E-state index < -0.39 is 0 Å². The Hall–Kier alpha value is 0.540. The Morgan fingerprint density at radius 1 is 1.33 bits per heavy atom. The molecule has 0 aromatic rings. The maximum Gasteiger partial charge on any atom is 0.0425 e. The first-order valence-corrected chi connectivity index (χ1v) is 4.12. The standard InChI is InChI=1S/C6H13Cl2N/c1-3-9-6(2,4-7)5-8/h9H,3-5H2,1-2H3. The van der Waals surface area contributed by atoms with E-state index in [0.29, 0.717) is 11.8 Å². The van der Waals surface area contributed by atoms with Gasteiger partial charge in [0.2, 0.25) is 0 Å². The van der Waals surface area contributed by atoms with Gasteiger partial charge >= 0.3 is 0 Å². The number of halogens is 2. The summed E-state index contributed by atoms with van der Waals surface area (Å²) < 4.78 is 0. The molecule has 0 unspecified atom stereocenters. The molecule has 3 heteroatoms. The molecule has 0 rings (SSSR count). The van der Waals surface area contributed by atoms with Crippen LogP contribution in [0.5, 0.6) is 0 Å². The summed E-state index contributed by atoms with van der Waals surface area (Å²) in [6.07, 6.45) is 0. The topological polar surface area (TPSA) is 12.0 Å². The van der Waals surface area contributed by atoms with Gasteiger partial charge in [-0.3, -0.25) is 0 Å². The Morgan fingerprint density at radius 2 is 1.78 bits per heavy atom. The highest BCUT2D eigenvalue weighted by atomic mass is 35.5. The van der Waals surface area contributed by atoms with Crippen molar-refractivity contribution < 1.29 is 0 Å². The lowest BCUT2D eigenvalue weighted by molar-refractivity contribution is 0.450. The third-order valence-electron chi connectivity index (χ3n) is 1.19. The molecule has 0 fully saturated rings. The Balaban J connectivity index is 3.62. The van der Waals surface area contributed by atoms with Crippen LogP contribution in [0, 0.1) is 0 Å². The zero-order chi connectivity index (χ0) is 7.33. The van der Waals surface area contributed by atoms with E-state index in [1.54, 1.807) is 0 Å². The Morgan fingerprint density at radius 3 is 1.89 bits per heavy atom. The molecule has 0 radical (unpaired) electrons. The number of rotatable bonds is 4. The average molecular weight is 170 g/mol. The highest BCUT2D eigenvalue weighted by Crippen LogP contribution is 2.07. The van der Waals surface area contributed by atoms with Crippen LogP contribution < -0.4 is 5.32 Å². The fourth-order valence-corrected chi connectivity index (χ4v) is 1.03. The van der Waals surface area contributed by atoms with Gasteiger partial charge in [-0.25, -0.2) is 0 Å². The molecule has 1 N–H and O–H groups in total. The van der Waals surface area contributed by atoms with Gasteiger partial charge in [-0.2, -0.15) is 0 Å². The van der Waals surface area contributed by atoms with Gasteiger partial charge in [0.15, 0.2) is 0 Å². The van der Waals surface area contributed by atoms with Gasteiger partial charge in [0, 0.05) is 17.3 Å². The molecule has 0 atom stereocenters. The van der Waals surface area contributed by atoms with Crippen molar-refractivity contribution in [2.24, 2.45) is 0 Å². The van der Waals surface area contributed by atoms with E-state index in [-0.39, 0.29) is 5.54 Å². The minimum atomic E-state index is -0.0855. The molecule has 0 aliphatic heterocycles. The second-order valence-electron chi connectivity index (χ2n) is 2.36. The summed E-state index contributed by atoms with van der Waals surface area (Å²) in [4.78, 5) is 0. The molecule has 9 heavy (non-hydrogen) atoms. The van der Waals surface area contributed by atoms with Gasteiger partial charge in [0.05, 0.1) is 0 Å². The zero-order valence-electron chi connectivity index (χ0n) is 5.88. The van der Waals surface area contributed by atoms with Crippen molar-refractivity contribution in [1.82, 2.24) is 5.32 Å². The summed E-state index contributed by atoms with van der Waals surface area (Å²) in [6, 6.07) is 0. The number of alkyl halides is 2. The van der Waals surface area contributed by atoms with Gasteiger partial charge in [0.1, 0.15) is 0 Å². The molecular weight excluding hydrogens is 157 g/mol. The molecule has 0 aliphatic rings. The summed E-state index contributed by atoms with van der Waals surface area (Å²) in [5.41, 5.74) is -0.0855. The minimum Gasteiger partial charge on any atom is -0.310 e. The lowest BCUT2D eigenvalue weighted by Crippen LogP contribution is -2.45. The molecule has 0 saturated carbocycles. The molecule has 0 amide bonds. The summed E-state index contributed by atoms with van der Waals surface area (Å²) in [5, 5.41) is 3.19. The van der Waals surface area contributed by atoms with E-state index in [0.717, 1.165) is 6.54 Å². The molecule has 0 spiro atoms. The molecule has 0 saturated heterocycles. The second kappa shape index (κ2) is 4.37. The predicted molar refractivity (Wildman–Crippen MR) is 43.5 cm³/mol. The second-order valence-corrected chi connectivity index (χ2v) is 2.89. The third-order valence-corrected chi connectivity index (χ3v) is 2.37. The molecule has 0 heterocycles. The summed E-state index contributed by atoms with van der Waals surface area (Å²) >= 11 is 11.3. The van der Waals surface area contributed by atoms with Gasteiger partial charge in [-0.1, -0.05) is 6.92 Å². The fraction of sp³-hybridized carbons (Fsp3) is 1.00. The largest absolute Gasteiger partial charge is 0.310 e. The van der Waals surface area contributed by atoms with Crippen molar-refractivity contribution in [3.8, 4) is 0 Å². The monoisotopic (exact) mass is 169 g/mol. The first-order chi connectivity index (χ1) is 4.18. The summed E-state index contributed by atoms with van der Waals surface area (Å²) in [5.74, 6) is 1.12. The van der Waals surface area contributed by atoms with Crippen molar-refractivity contribution in [3.63, 3.8) is 0 Å². The van der Waals surface area contributed by atoms with Crippen LogP contribution in [0.15, 0.2) is 0 Å². The number of hydrogen-bond donors (Lipinski definition) is 1. The van der Waals surface area contributed by atoms with Gasteiger partial charge in [-0.15, -0.1) is 23.2 Å². The minimum absolute atomic E-state index is 0.0855. The first kappa shape index (κ1) is 9.54. The van der Waals surface area contributed by atoms with Gasteiger partial charge in [0.25, 0.3) is 0 Å². The summed E-state index contributed by atoms with van der Waals surface area (Å²) in [7, 11) is 0. The van der Waals surface area contributed by atoms with Crippen molar-refractivity contribution in [1.29, 1.82) is 0 Å². The van der Waals surface area contributed by atoms with Crippen LogP contribution in [0.4, 0.5) is 0 Å². The summed E-state index contributed by atoms with van der Waals surface area (Å²) in [6.45, 7) is 4.96. The quantitative estimate of drug-likeness (QED) is 0.634. The molecule has 1 nitrogen and oxygen atoms in total. The Kier molecular flexibility index (Phi) is 4.63. The Labute approximate surface area is 66.7 Å². The first-order valence-electron chi connectivity index (χ1n) is 3.05. The fourth-order valence-electron chi connectivity index (χ4n) is 0.557. The van der Waals surface area contributed by atoms with Crippen molar-refractivity contribution in [2.45, 2.75) is 19.4 Å². The maximum atomic E-state index is 5.64. The molecule has 0 aromatic carbocycles. The lowest BCUT2D eigenvalue weighted by atomic mass is 10.1. The van der Waals surface area contributed by atoms with Crippen LogP contribution in [-0.2, 0) is 0 Å². The van der Waals surface area contributed by atoms with Gasteiger partial charge in [-0.05, 0) is 13.5 Å². The van der Waals surface area contributed by atoms with E-state index >= 15 is 0 Å². The van der Waals surface area contributed by atoms with Gasteiger partial charge < -0.3 is 5.32 Å².